The van der Waals surface area contributed by atoms with Gasteiger partial charge in [-0.05, 0) is 115 Å². The highest BCUT2D eigenvalue weighted by Crippen LogP contribution is 2.55. The standard InChI is InChI=1S/C58H67NO11/c1-4-43-15-16-46-48-25-35-10-8-9-34(21-35)24-45(61)28-42-26-38(40-22-36(32-60)23-44(27-40)59-33-57(2,66)19-20-68-3)13-14-39-31-52(63)70-55-47(39)29-41(54(64)53(55)37-11-6-5-7-12-37)30-51(69-56(42)65)58(43,67)49(46)17-18-50(48)62/h5-11,21-23,27-29,37-39,43,45-46,48-49,51,59-61,64,66-67H,4,12,15-20,24-26,30-33H2,1-3H3. The molecular weight excluding hydrogens is 887 g/mol. The third kappa shape index (κ3) is 10.1. The largest absolute Gasteiger partial charge is 0.507 e. The number of aliphatic hydroxyl groups excluding tert-OH is 2. The van der Waals surface area contributed by atoms with Gasteiger partial charge >= 0.3 is 11.9 Å². The highest BCUT2D eigenvalue weighted by molar-refractivity contribution is 5.89. The van der Waals surface area contributed by atoms with Gasteiger partial charge in [0, 0.05) is 86.1 Å². The molecule has 2 saturated carbocycles. The first-order valence-corrected chi connectivity index (χ1v) is 25.2. The molecule has 6 aliphatic rings. The topological polar surface area (TPSA) is 192 Å². The highest BCUT2D eigenvalue weighted by atomic mass is 16.6. The number of anilines is 1. The number of hydrogen-bond acceptors (Lipinski definition) is 12. The molecule has 0 spiro atoms. The van der Waals surface area contributed by atoms with Crippen LogP contribution in [0.1, 0.15) is 128 Å². The second-order valence-corrected chi connectivity index (χ2v) is 20.9. The van der Waals surface area contributed by atoms with E-state index in [1.807, 2.05) is 67.6 Å². The van der Waals surface area contributed by atoms with Crippen molar-refractivity contribution < 1.29 is 54.1 Å². The van der Waals surface area contributed by atoms with E-state index in [0.717, 1.165) is 17.5 Å². The number of phenols is 1. The van der Waals surface area contributed by atoms with Crippen LogP contribution in [0.4, 0.5) is 5.69 Å². The monoisotopic (exact) mass is 953 g/mol. The van der Waals surface area contributed by atoms with Gasteiger partial charge in [-0.1, -0.05) is 79.8 Å². The Kier molecular flexibility index (Phi) is 14.6. The van der Waals surface area contributed by atoms with Gasteiger partial charge in [-0.3, -0.25) is 9.59 Å². The summed E-state index contributed by atoms with van der Waals surface area (Å²) < 4.78 is 18.1. The zero-order chi connectivity index (χ0) is 49.3. The summed E-state index contributed by atoms with van der Waals surface area (Å²) in [5.74, 6) is 2.72. The Morgan fingerprint density at radius 1 is 0.957 bits per heavy atom. The SMILES string of the molecule is CCC1CCC2C3Cc4cccc(c4)CC(O)C=C4CC(c5cc(CO)cc(NCC(C)(O)CCOC)c5)C#CC5CC(=O)Oc6c5cc(c(O)c6C5C=CC=CC5)CC(OC4=O)C1(O)C2CCC3=O. The maximum absolute atomic E-state index is 15.4. The number of carbonyl (C=O) groups excluding carboxylic acids is 3. The summed E-state index contributed by atoms with van der Waals surface area (Å²) in [5.41, 5.74) is 2.35. The second-order valence-electron chi connectivity index (χ2n) is 20.9. The number of aromatic hydroxyl groups is 1. The number of phenolic OH excluding ortho intramolecular Hbond substituents is 1. The van der Waals surface area contributed by atoms with Crippen LogP contribution in [0.5, 0.6) is 11.5 Å². The molecule has 11 unspecified atom stereocenters. The van der Waals surface area contributed by atoms with E-state index in [1.165, 1.54) is 6.08 Å². The third-order valence-corrected chi connectivity index (χ3v) is 16.1. The lowest BCUT2D eigenvalue weighted by atomic mass is 9.53. The van der Waals surface area contributed by atoms with E-state index in [-0.39, 0.29) is 91.8 Å². The van der Waals surface area contributed by atoms with Crippen molar-refractivity contribution in [1.82, 2.24) is 0 Å². The number of hydrogen-bond donors (Lipinski definition) is 6. The lowest BCUT2D eigenvalue weighted by molar-refractivity contribution is -0.212. The van der Waals surface area contributed by atoms with Crippen molar-refractivity contribution in [3.8, 4) is 23.3 Å². The van der Waals surface area contributed by atoms with E-state index in [1.54, 1.807) is 26.2 Å². The average Bonchev–Trinajstić information content (AvgIpc) is 3.35. The molecule has 3 aromatic carbocycles. The third-order valence-electron chi connectivity index (χ3n) is 16.1. The van der Waals surface area contributed by atoms with Gasteiger partial charge in [-0.2, -0.15) is 0 Å². The van der Waals surface area contributed by atoms with Crippen molar-refractivity contribution in [2.24, 2.45) is 23.7 Å². The molecular formula is C58H67NO11. The maximum Gasteiger partial charge on any atom is 0.334 e. The summed E-state index contributed by atoms with van der Waals surface area (Å²) in [4.78, 5) is 43.2. The minimum Gasteiger partial charge on any atom is -0.507 e. The molecule has 2 fully saturated rings. The summed E-state index contributed by atoms with van der Waals surface area (Å²) in [5, 5.41) is 63.5. The van der Waals surface area contributed by atoms with E-state index in [4.69, 9.17) is 14.2 Å². The zero-order valence-electron chi connectivity index (χ0n) is 40.5. The number of carbonyl (C=O) groups is 3. The number of ketones is 1. The van der Waals surface area contributed by atoms with Gasteiger partial charge in [0.1, 0.15) is 29.0 Å². The summed E-state index contributed by atoms with van der Waals surface area (Å²) >= 11 is 0. The van der Waals surface area contributed by atoms with Gasteiger partial charge in [-0.15, -0.1) is 0 Å². The van der Waals surface area contributed by atoms with E-state index < -0.39 is 53.1 Å². The number of nitrogens with one attached hydrogen (secondary N) is 1. The molecule has 0 amide bonds. The number of aliphatic hydroxyl groups is 4. The van der Waals surface area contributed by atoms with Gasteiger partial charge in [0.25, 0.3) is 0 Å². The van der Waals surface area contributed by atoms with Crippen LogP contribution in [0, 0.1) is 35.5 Å². The summed E-state index contributed by atoms with van der Waals surface area (Å²) in [7, 11) is 1.57. The molecule has 11 atom stereocenters. The molecule has 0 saturated heterocycles. The Bertz CT molecular complexity index is 2650. The van der Waals surface area contributed by atoms with Crippen LogP contribution in [-0.4, -0.2) is 86.9 Å². The zero-order valence-corrected chi connectivity index (χ0v) is 40.5. The Morgan fingerprint density at radius 3 is 2.51 bits per heavy atom. The van der Waals surface area contributed by atoms with Gasteiger partial charge in [-0.25, -0.2) is 4.79 Å². The van der Waals surface area contributed by atoms with E-state index in [0.29, 0.717) is 78.6 Å². The average molecular weight is 954 g/mol. The molecule has 12 heteroatoms. The van der Waals surface area contributed by atoms with Crippen molar-refractivity contribution in [3.05, 3.63) is 123 Å². The molecule has 12 nitrogen and oxygen atoms in total. The van der Waals surface area contributed by atoms with Crippen LogP contribution in [0.3, 0.4) is 0 Å². The number of methoxy groups -OCH3 is 1. The molecule has 3 aliphatic heterocycles. The Balaban J connectivity index is 1.26. The lowest BCUT2D eigenvalue weighted by Crippen LogP contribution is -2.63. The molecule has 70 heavy (non-hydrogen) atoms. The second kappa shape index (κ2) is 20.7. The van der Waals surface area contributed by atoms with Gasteiger partial charge in [0.05, 0.1) is 30.7 Å². The summed E-state index contributed by atoms with van der Waals surface area (Å²) in [6.07, 6.45) is 10.8. The van der Waals surface area contributed by atoms with Crippen LogP contribution in [0.25, 0.3) is 0 Å². The van der Waals surface area contributed by atoms with E-state index >= 15 is 4.79 Å². The Morgan fingerprint density at radius 2 is 1.76 bits per heavy atom. The van der Waals surface area contributed by atoms with Crippen LogP contribution in [-0.2, 0) is 49.7 Å². The number of fused-ring (bicyclic) bond motifs is 7. The Hall–Kier alpha value is -5.55. The number of rotatable bonds is 10. The predicted molar refractivity (Wildman–Crippen MR) is 264 cm³/mol. The molecule has 0 radical (unpaired) electrons. The molecule has 3 aliphatic carbocycles. The highest BCUT2D eigenvalue weighted by Gasteiger charge is 2.59. The number of esters is 2. The first-order chi connectivity index (χ1) is 33.7. The number of benzene rings is 3. The minimum atomic E-state index is -1.64. The van der Waals surface area contributed by atoms with Crippen molar-refractivity contribution in [3.63, 3.8) is 0 Å². The number of Topliss-reactive ketones (excluding diaryl/α,β-unsaturated/α-hetero) is 1. The maximum atomic E-state index is 15.4. The molecule has 370 valence electrons. The van der Waals surface area contributed by atoms with Crippen molar-refractivity contribution >= 4 is 23.4 Å². The van der Waals surface area contributed by atoms with Crippen LogP contribution < -0.4 is 10.1 Å². The van der Waals surface area contributed by atoms with E-state index in [2.05, 4.69) is 17.2 Å². The van der Waals surface area contributed by atoms with Gasteiger partial charge in [0.15, 0.2) is 0 Å². The van der Waals surface area contributed by atoms with Gasteiger partial charge < -0.3 is 45.1 Å². The molecule has 9 rings (SSSR count). The van der Waals surface area contributed by atoms with Crippen molar-refractivity contribution in [2.45, 2.75) is 139 Å². The minimum absolute atomic E-state index is 0.0644. The first kappa shape index (κ1) is 49.4. The number of allylic oxidation sites excluding steroid dienone is 4. The predicted octanol–water partition coefficient (Wildman–Crippen LogP) is 7.57. The smallest absolute Gasteiger partial charge is 0.334 e. The van der Waals surface area contributed by atoms with E-state index in [9.17, 15) is 35.1 Å². The molecule has 0 aromatic heterocycles. The number of ether oxygens (including phenoxy) is 3. The Labute approximate surface area is 410 Å². The fourth-order valence-electron chi connectivity index (χ4n) is 12.5. The fourth-order valence-corrected chi connectivity index (χ4v) is 12.5. The fraction of sp³-hybridized carbons (Fsp3) is 0.500. The molecule has 10 bridgehead atoms. The summed E-state index contributed by atoms with van der Waals surface area (Å²) in [6, 6.07) is 15.1. The van der Waals surface area contributed by atoms with Crippen LogP contribution >= 0.6 is 0 Å². The molecule has 6 N–H and O–H groups in total. The van der Waals surface area contributed by atoms with Gasteiger partial charge in [0.2, 0.25) is 0 Å². The first-order valence-electron chi connectivity index (χ1n) is 25.2. The summed E-state index contributed by atoms with van der Waals surface area (Å²) in [6.45, 7) is 3.93. The normalized spacial score (nSPS) is 30.4. The molecule has 3 aromatic rings. The van der Waals surface area contributed by atoms with Crippen molar-refractivity contribution in [2.75, 3.05) is 25.6 Å². The molecule has 3 heterocycles. The van der Waals surface area contributed by atoms with Crippen LogP contribution in [0.15, 0.2) is 84.5 Å². The lowest BCUT2D eigenvalue weighted by Gasteiger charge is -2.56. The quantitative estimate of drug-likeness (QED) is 0.0665. The van der Waals surface area contributed by atoms with Crippen molar-refractivity contribution in [1.29, 1.82) is 0 Å². The van der Waals surface area contributed by atoms with Crippen LogP contribution in [0.2, 0.25) is 0 Å².